The van der Waals surface area contributed by atoms with Crippen molar-refractivity contribution in [2.24, 2.45) is 17.8 Å². The van der Waals surface area contributed by atoms with Gasteiger partial charge in [0.2, 0.25) is 0 Å². The molecule has 116 valence electrons. The van der Waals surface area contributed by atoms with Crippen LogP contribution in [-0.2, 0) is 4.79 Å². The number of nitrogens with zero attached hydrogens (tertiary/aromatic N) is 1. The molecule has 0 spiro atoms. The van der Waals surface area contributed by atoms with Gasteiger partial charge in [-0.25, -0.2) is 0 Å². The van der Waals surface area contributed by atoms with E-state index in [1.54, 1.807) is 0 Å². The zero-order chi connectivity index (χ0) is 14.8. The van der Waals surface area contributed by atoms with Gasteiger partial charge in [-0.1, -0.05) is 33.1 Å². The Morgan fingerprint density at radius 2 is 1.80 bits per heavy atom. The van der Waals surface area contributed by atoms with E-state index in [2.05, 4.69) is 32.8 Å². The molecule has 0 amide bonds. The van der Waals surface area contributed by atoms with E-state index in [0.29, 0.717) is 17.6 Å². The van der Waals surface area contributed by atoms with E-state index in [1.807, 2.05) is 0 Å². The maximum atomic E-state index is 13.2. The summed E-state index contributed by atoms with van der Waals surface area (Å²) in [5.74, 6) is 2.48. The average molecular weight is 279 g/mol. The predicted octanol–water partition coefficient (Wildman–Crippen LogP) is 4.28. The molecule has 2 atom stereocenters. The smallest absolute Gasteiger partial charge is 0.156 e. The highest BCUT2D eigenvalue weighted by Gasteiger charge is 2.46. The largest absolute Gasteiger partial charge is 0.297 e. The van der Waals surface area contributed by atoms with Gasteiger partial charge in [-0.2, -0.15) is 0 Å². The maximum absolute atomic E-state index is 13.2. The lowest BCUT2D eigenvalue weighted by Gasteiger charge is -2.46. The van der Waals surface area contributed by atoms with Crippen LogP contribution in [0.3, 0.4) is 0 Å². The van der Waals surface area contributed by atoms with Crippen molar-refractivity contribution in [2.75, 3.05) is 14.1 Å². The van der Waals surface area contributed by atoms with Crippen molar-refractivity contribution in [2.45, 2.75) is 77.2 Å². The van der Waals surface area contributed by atoms with Crippen molar-refractivity contribution < 1.29 is 4.79 Å². The van der Waals surface area contributed by atoms with Crippen LogP contribution in [0, 0.1) is 17.8 Å². The second-order valence-electron chi connectivity index (χ2n) is 7.62. The number of hydrogen-bond acceptors (Lipinski definition) is 2. The number of Topliss-reactive ketones (excluding diaryl/α,β-unsaturated/α-hetero) is 1. The summed E-state index contributed by atoms with van der Waals surface area (Å²) in [5.41, 5.74) is -0.151. The van der Waals surface area contributed by atoms with Crippen LogP contribution >= 0.6 is 0 Å². The monoisotopic (exact) mass is 279 g/mol. The fourth-order valence-corrected chi connectivity index (χ4v) is 4.59. The molecule has 2 rings (SSSR count). The van der Waals surface area contributed by atoms with E-state index in [4.69, 9.17) is 0 Å². The van der Waals surface area contributed by atoms with Gasteiger partial charge in [0.15, 0.2) is 5.78 Å². The Bertz CT molecular complexity index is 330. The summed E-state index contributed by atoms with van der Waals surface area (Å²) >= 11 is 0. The molecule has 2 nitrogen and oxygen atoms in total. The lowest BCUT2D eigenvalue weighted by Crippen LogP contribution is -2.56. The summed E-state index contributed by atoms with van der Waals surface area (Å²) in [6.45, 7) is 4.61. The quantitative estimate of drug-likeness (QED) is 0.765. The summed E-state index contributed by atoms with van der Waals surface area (Å²) in [7, 11) is 4.24. The molecular formula is C18H33NO. The van der Waals surface area contributed by atoms with Crippen molar-refractivity contribution in [3.05, 3.63) is 0 Å². The minimum Gasteiger partial charge on any atom is -0.297 e. The minimum absolute atomic E-state index is 0.151. The van der Waals surface area contributed by atoms with E-state index >= 15 is 0 Å². The number of rotatable bonds is 4. The van der Waals surface area contributed by atoms with Crippen LogP contribution in [0.4, 0.5) is 0 Å². The summed E-state index contributed by atoms with van der Waals surface area (Å²) in [6, 6.07) is 0. The molecule has 0 aromatic carbocycles. The molecule has 2 aliphatic rings. The highest BCUT2D eigenvalue weighted by atomic mass is 16.1. The van der Waals surface area contributed by atoms with Crippen LogP contribution in [-0.4, -0.2) is 30.3 Å². The van der Waals surface area contributed by atoms with Crippen LogP contribution < -0.4 is 0 Å². The number of ketones is 1. The van der Waals surface area contributed by atoms with Gasteiger partial charge in [-0.05, 0) is 64.5 Å². The van der Waals surface area contributed by atoms with Gasteiger partial charge in [-0.15, -0.1) is 0 Å². The molecule has 0 aromatic heterocycles. The SMILES string of the molecule is CCC1CCC(C(=O)C2(N(C)C)CCCC(C)C2)CC1. The summed E-state index contributed by atoms with van der Waals surface area (Å²) in [6.07, 6.45) is 10.8. The topological polar surface area (TPSA) is 20.3 Å². The van der Waals surface area contributed by atoms with Crippen molar-refractivity contribution in [3.63, 3.8) is 0 Å². The van der Waals surface area contributed by atoms with Crippen molar-refractivity contribution >= 4 is 5.78 Å². The van der Waals surface area contributed by atoms with Gasteiger partial charge in [0.05, 0.1) is 5.54 Å². The molecule has 2 fully saturated rings. The van der Waals surface area contributed by atoms with Crippen LogP contribution in [0.2, 0.25) is 0 Å². The highest BCUT2D eigenvalue weighted by Crippen LogP contribution is 2.41. The van der Waals surface area contributed by atoms with Crippen LogP contribution in [0.15, 0.2) is 0 Å². The molecule has 20 heavy (non-hydrogen) atoms. The zero-order valence-electron chi connectivity index (χ0n) is 14.0. The Morgan fingerprint density at radius 3 is 2.30 bits per heavy atom. The second kappa shape index (κ2) is 6.60. The normalized spacial score (nSPS) is 39.0. The van der Waals surface area contributed by atoms with Gasteiger partial charge in [-0.3, -0.25) is 9.69 Å². The van der Waals surface area contributed by atoms with Gasteiger partial charge in [0.25, 0.3) is 0 Å². The molecule has 2 unspecified atom stereocenters. The third kappa shape index (κ3) is 3.10. The molecule has 0 N–H and O–H groups in total. The van der Waals surface area contributed by atoms with Crippen LogP contribution in [0.1, 0.15) is 71.6 Å². The van der Waals surface area contributed by atoms with Gasteiger partial charge >= 0.3 is 0 Å². The standard InChI is InChI=1S/C18H33NO/c1-5-15-8-10-16(11-9-15)17(20)18(19(3)4)12-6-7-14(2)13-18/h14-16H,5-13H2,1-4H3. The first-order chi connectivity index (χ1) is 9.49. The van der Waals surface area contributed by atoms with E-state index in [0.717, 1.165) is 31.6 Å². The molecule has 2 saturated carbocycles. The Morgan fingerprint density at radius 1 is 1.15 bits per heavy atom. The number of hydrogen-bond donors (Lipinski definition) is 0. The van der Waals surface area contributed by atoms with Crippen LogP contribution in [0.5, 0.6) is 0 Å². The third-order valence-corrected chi connectivity index (χ3v) is 6.08. The van der Waals surface area contributed by atoms with Gasteiger partial charge < -0.3 is 0 Å². The molecular weight excluding hydrogens is 246 g/mol. The number of carbonyl (C=O) groups is 1. The molecule has 2 aliphatic carbocycles. The van der Waals surface area contributed by atoms with Crippen molar-refractivity contribution in [1.29, 1.82) is 0 Å². The minimum atomic E-state index is -0.151. The lowest BCUT2D eigenvalue weighted by molar-refractivity contribution is -0.138. The van der Waals surface area contributed by atoms with Gasteiger partial charge in [0.1, 0.15) is 0 Å². The van der Waals surface area contributed by atoms with Gasteiger partial charge in [0, 0.05) is 5.92 Å². The maximum Gasteiger partial charge on any atom is 0.156 e. The third-order valence-electron chi connectivity index (χ3n) is 6.08. The molecule has 0 radical (unpaired) electrons. The zero-order valence-corrected chi connectivity index (χ0v) is 14.0. The molecule has 0 aromatic rings. The van der Waals surface area contributed by atoms with Crippen molar-refractivity contribution in [1.82, 2.24) is 4.90 Å². The predicted molar refractivity (Wildman–Crippen MR) is 84.8 cm³/mol. The Kier molecular flexibility index (Phi) is 5.28. The fraction of sp³-hybridized carbons (Fsp3) is 0.944. The van der Waals surface area contributed by atoms with E-state index in [9.17, 15) is 4.79 Å². The van der Waals surface area contributed by atoms with Crippen molar-refractivity contribution in [3.8, 4) is 0 Å². The second-order valence-corrected chi connectivity index (χ2v) is 7.62. The van der Waals surface area contributed by atoms with E-state index < -0.39 is 0 Å². The number of carbonyl (C=O) groups excluding carboxylic acids is 1. The highest BCUT2D eigenvalue weighted by molar-refractivity contribution is 5.90. The van der Waals surface area contributed by atoms with E-state index in [1.165, 1.54) is 32.1 Å². The molecule has 0 heterocycles. The first kappa shape index (κ1) is 16.0. The summed E-state index contributed by atoms with van der Waals surface area (Å²) < 4.78 is 0. The number of likely N-dealkylation sites (N-methyl/N-ethyl adjacent to an activating group) is 1. The molecule has 2 heteroatoms. The first-order valence-electron chi connectivity index (χ1n) is 8.71. The Labute approximate surface area is 125 Å². The molecule has 0 aliphatic heterocycles. The molecule has 0 bridgehead atoms. The van der Waals surface area contributed by atoms with Crippen LogP contribution in [0.25, 0.3) is 0 Å². The summed E-state index contributed by atoms with van der Waals surface area (Å²) in [4.78, 5) is 15.5. The fourth-order valence-electron chi connectivity index (χ4n) is 4.59. The first-order valence-corrected chi connectivity index (χ1v) is 8.71. The van der Waals surface area contributed by atoms with E-state index in [-0.39, 0.29) is 5.54 Å². The average Bonchev–Trinajstić information content (AvgIpc) is 2.46. The lowest BCUT2D eigenvalue weighted by atomic mass is 9.67. The Balaban J connectivity index is 2.08. The molecule has 0 saturated heterocycles. The summed E-state index contributed by atoms with van der Waals surface area (Å²) in [5, 5.41) is 0. The Hall–Kier alpha value is -0.370.